The summed E-state index contributed by atoms with van der Waals surface area (Å²) in [4.78, 5) is 15.9. The number of carbonyl (C=O) groups is 1. The Morgan fingerprint density at radius 3 is 3.04 bits per heavy atom. The maximum Gasteiger partial charge on any atom is 0.234 e. The van der Waals surface area contributed by atoms with Crippen LogP contribution >= 0.6 is 22.9 Å². The largest absolute Gasteiger partial charge is 0.355 e. The first-order valence-electron chi connectivity index (χ1n) is 8.01. The highest BCUT2D eigenvalue weighted by Gasteiger charge is 2.27. The number of nitrogens with zero attached hydrogens (tertiary/aromatic N) is 1. The molecule has 0 unspecified atom stereocenters. The van der Waals surface area contributed by atoms with E-state index in [4.69, 9.17) is 11.6 Å². The van der Waals surface area contributed by atoms with Crippen molar-refractivity contribution < 1.29 is 4.79 Å². The van der Waals surface area contributed by atoms with Crippen molar-refractivity contribution >= 4 is 28.8 Å². The van der Waals surface area contributed by atoms with Gasteiger partial charge in [0.25, 0.3) is 0 Å². The monoisotopic (exact) mass is 348 g/mol. The van der Waals surface area contributed by atoms with Crippen molar-refractivity contribution in [2.75, 3.05) is 19.6 Å². The van der Waals surface area contributed by atoms with Gasteiger partial charge >= 0.3 is 0 Å². The lowest BCUT2D eigenvalue weighted by Crippen LogP contribution is -2.37. The van der Waals surface area contributed by atoms with Crippen molar-refractivity contribution in [2.24, 2.45) is 0 Å². The predicted molar refractivity (Wildman–Crippen MR) is 96.0 cm³/mol. The fraction of sp³-hybridized carbons (Fsp3) is 0.389. The molecule has 1 saturated heterocycles. The van der Waals surface area contributed by atoms with E-state index in [1.165, 1.54) is 11.3 Å². The Morgan fingerprint density at radius 1 is 1.35 bits per heavy atom. The minimum Gasteiger partial charge on any atom is -0.355 e. The summed E-state index contributed by atoms with van der Waals surface area (Å²) in [7, 11) is 0. The smallest absolute Gasteiger partial charge is 0.234 e. The van der Waals surface area contributed by atoms with Gasteiger partial charge in [0.2, 0.25) is 5.91 Å². The van der Waals surface area contributed by atoms with Crippen molar-refractivity contribution in [2.45, 2.75) is 25.3 Å². The van der Waals surface area contributed by atoms with Gasteiger partial charge in [0.15, 0.2) is 0 Å². The highest BCUT2D eigenvalue weighted by Crippen LogP contribution is 2.33. The summed E-state index contributed by atoms with van der Waals surface area (Å²) in [6, 6.07) is 12.4. The van der Waals surface area contributed by atoms with E-state index in [-0.39, 0.29) is 5.91 Å². The molecule has 1 fully saturated rings. The van der Waals surface area contributed by atoms with Gasteiger partial charge in [-0.1, -0.05) is 29.8 Å². The van der Waals surface area contributed by atoms with E-state index in [0.717, 1.165) is 30.0 Å². The zero-order valence-corrected chi connectivity index (χ0v) is 14.6. The normalized spacial score (nSPS) is 18.2. The minimum absolute atomic E-state index is 0.107. The third kappa shape index (κ3) is 4.56. The number of rotatable bonds is 6. The van der Waals surface area contributed by atoms with Crippen LogP contribution in [0.25, 0.3) is 0 Å². The number of benzene rings is 1. The minimum atomic E-state index is 0.107. The Kier molecular flexibility index (Phi) is 5.70. The number of halogens is 1. The molecule has 0 radical (unpaired) electrons. The molecule has 2 aromatic rings. The van der Waals surface area contributed by atoms with Crippen LogP contribution in [-0.2, 0) is 11.2 Å². The van der Waals surface area contributed by atoms with Gasteiger partial charge in [-0.2, -0.15) is 0 Å². The summed E-state index contributed by atoms with van der Waals surface area (Å²) in [6.07, 6.45) is 3.12. The van der Waals surface area contributed by atoms with Crippen LogP contribution < -0.4 is 5.32 Å². The van der Waals surface area contributed by atoms with Gasteiger partial charge in [0.1, 0.15) is 0 Å². The van der Waals surface area contributed by atoms with Gasteiger partial charge in [0.05, 0.1) is 6.54 Å². The summed E-state index contributed by atoms with van der Waals surface area (Å²) < 4.78 is 0. The second-order valence-corrected chi connectivity index (χ2v) is 7.29. The van der Waals surface area contributed by atoms with Crippen LogP contribution in [0, 0.1) is 0 Å². The summed E-state index contributed by atoms with van der Waals surface area (Å²) >= 11 is 7.75. The van der Waals surface area contributed by atoms with E-state index in [2.05, 4.69) is 27.7 Å². The molecule has 0 saturated carbocycles. The number of amides is 1. The zero-order valence-electron chi connectivity index (χ0n) is 13.0. The first-order valence-corrected chi connectivity index (χ1v) is 9.27. The molecule has 23 heavy (non-hydrogen) atoms. The van der Waals surface area contributed by atoms with Gasteiger partial charge in [-0.3, -0.25) is 9.69 Å². The van der Waals surface area contributed by atoms with Gasteiger partial charge in [-0.15, -0.1) is 11.3 Å². The van der Waals surface area contributed by atoms with Gasteiger partial charge in [-0.05, 0) is 54.9 Å². The Labute approximate surface area is 146 Å². The third-order valence-electron chi connectivity index (χ3n) is 4.21. The molecule has 3 nitrogen and oxygen atoms in total. The number of hydrogen-bond acceptors (Lipinski definition) is 3. The van der Waals surface area contributed by atoms with E-state index >= 15 is 0 Å². The molecule has 0 bridgehead atoms. The Morgan fingerprint density at radius 2 is 2.26 bits per heavy atom. The van der Waals surface area contributed by atoms with Gasteiger partial charge in [-0.25, -0.2) is 0 Å². The average Bonchev–Trinajstić information content (AvgIpc) is 3.18. The van der Waals surface area contributed by atoms with Crippen molar-refractivity contribution in [1.29, 1.82) is 0 Å². The Balaban J connectivity index is 1.46. The average molecular weight is 349 g/mol. The van der Waals surface area contributed by atoms with Crippen LogP contribution in [0.15, 0.2) is 41.8 Å². The molecular weight excluding hydrogens is 328 g/mol. The summed E-state index contributed by atoms with van der Waals surface area (Å²) in [5.74, 6) is 0.107. The van der Waals surface area contributed by atoms with Crippen LogP contribution in [0.2, 0.25) is 5.02 Å². The third-order valence-corrected chi connectivity index (χ3v) is 5.42. The number of nitrogens with one attached hydrogen (secondary N) is 1. The SMILES string of the molecule is O=C(CN1CCC[C@@H]1c1cccs1)NCCc1cccc(Cl)c1. The first-order chi connectivity index (χ1) is 11.2. The summed E-state index contributed by atoms with van der Waals surface area (Å²) in [5, 5.41) is 5.87. The molecule has 122 valence electrons. The van der Waals surface area contributed by atoms with E-state index in [1.54, 1.807) is 11.3 Å². The highest BCUT2D eigenvalue weighted by molar-refractivity contribution is 7.10. The van der Waals surface area contributed by atoms with E-state index in [9.17, 15) is 4.79 Å². The van der Waals surface area contributed by atoms with Crippen LogP contribution in [-0.4, -0.2) is 30.4 Å². The maximum absolute atomic E-state index is 12.2. The van der Waals surface area contributed by atoms with E-state index < -0.39 is 0 Å². The molecule has 2 heterocycles. The maximum atomic E-state index is 12.2. The Hall–Kier alpha value is -1.36. The first kappa shape index (κ1) is 16.5. The summed E-state index contributed by atoms with van der Waals surface area (Å²) in [6.45, 7) is 2.14. The van der Waals surface area contributed by atoms with Crippen LogP contribution in [0.4, 0.5) is 0 Å². The Bertz CT molecular complexity index is 644. The lowest BCUT2D eigenvalue weighted by molar-refractivity contribution is -0.122. The number of thiophene rings is 1. The topological polar surface area (TPSA) is 32.3 Å². The standard InChI is InChI=1S/C18H21ClN2OS/c19-15-5-1-4-14(12-15)8-9-20-18(22)13-21-10-2-6-16(21)17-7-3-11-23-17/h1,3-5,7,11-12,16H,2,6,8-10,13H2,(H,20,22)/t16-/m1/s1. The molecule has 1 amide bonds. The van der Waals surface area contributed by atoms with Crippen molar-refractivity contribution in [3.8, 4) is 0 Å². The molecule has 0 aliphatic carbocycles. The van der Waals surface area contributed by atoms with Crippen LogP contribution in [0.5, 0.6) is 0 Å². The fourth-order valence-electron chi connectivity index (χ4n) is 3.10. The number of hydrogen-bond donors (Lipinski definition) is 1. The number of likely N-dealkylation sites (tertiary alicyclic amines) is 1. The highest BCUT2D eigenvalue weighted by atomic mass is 35.5. The molecule has 0 spiro atoms. The van der Waals surface area contributed by atoms with Gasteiger partial charge < -0.3 is 5.32 Å². The second kappa shape index (κ2) is 7.95. The van der Waals surface area contributed by atoms with Crippen LogP contribution in [0.3, 0.4) is 0 Å². The molecular formula is C18H21ClN2OS. The zero-order chi connectivity index (χ0) is 16.1. The van der Waals surface area contributed by atoms with E-state index in [0.29, 0.717) is 19.1 Å². The quantitative estimate of drug-likeness (QED) is 0.858. The molecule has 1 aromatic carbocycles. The van der Waals surface area contributed by atoms with Gasteiger partial charge in [0, 0.05) is 22.5 Å². The molecule has 1 aliphatic rings. The molecule has 1 N–H and O–H groups in total. The molecule has 1 atom stereocenters. The lowest BCUT2D eigenvalue weighted by atomic mass is 10.1. The molecule has 1 aliphatic heterocycles. The lowest BCUT2D eigenvalue weighted by Gasteiger charge is -2.22. The number of carbonyl (C=O) groups excluding carboxylic acids is 1. The molecule has 5 heteroatoms. The summed E-state index contributed by atoms with van der Waals surface area (Å²) in [5.41, 5.74) is 1.15. The van der Waals surface area contributed by atoms with Crippen LogP contribution in [0.1, 0.15) is 29.3 Å². The molecule has 3 rings (SSSR count). The molecule has 1 aromatic heterocycles. The van der Waals surface area contributed by atoms with Crippen molar-refractivity contribution in [1.82, 2.24) is 10.2 Å². The van der Waals surface area contributed by atoms with Crippen molar-refractivity contribution in [3.05, 3.63) is 57.2 Å². The fourth-order valence-corrected chi connectivity index (χ4v) is 4.21. The van der Waals surface area contributed by atoms with E-state index in [1.807, 2.05) is 24.3 Å². The second-order valence-electron chi connectivity index (χ2n) is 5.87. The van der Waals surface area contributed by atoms with Crippen molar-refractivity contribution in [3.63, 3.8) is 0 Å². The predicted octanol–water partition coefficient (Wildman–Crippen LogP) is 3.90.